The Bertz CT molecular complexity index is 1260. The third kappa shape index (κ3) is 2.76. The lowest BCUT2D eigenvalue weighted by molar-refractivity contribution is 0.282. The van der Waals surface area contributed by atoms with Gasteiger partial charge < -0.3 is 20.0 Å². The Morgan fingerprint density at radius 2 is 2.07 bits per heavy atom. The minimum absolute atomic E-state index is 0.00350. The van der Waals surface area contributed by atoms with Gasteiger partial charge in [-0.2, -0.15) is 5.26 Å². The predicted octanol–water partition coefficient (Wildman–Crippen LogP) is 3.41. The van der Waals surface area contributed by atoms with Crippen LogP contribution in [0.3, 0.4) is 0 Å². The average molecular weight is 443 g/mol. The molecule has 28 heavy (non-hydrogen) atoms. The molecule has 0 aliphatic carbocycles. The van der Waals surface area contributed by atoms with Gasteiger partial charge in [-0.05, 0) is 29.8 Å². The lowest BCUT2D eigenvalue weighted by atomic mass is 9.83. The van der Waals surface area contributed by atoms with E-state index in [1.54, 1.807) is 18.2 Å². The SMILES string of the molecule is N#CC1=C(N)Oc2c(c(=O)oc3cc(CO)ccc23)C1c1ccc(Br)cc1F. The van der Waals surface area contributed by atoms with Gasteiger partial charge in [0.2, 0.25) is 5.88 Å². The number of nitrogens with zero attached hydrogens (tertiary/aromatic N) is 1. The van der Waals surface area contributed by atoms with Gasteiger partial charge >= 0.3 is 5.63 Å². The largest absolute Gasteiger partial charge is 0.439 e. The van der Waals surface area contributed by atoms with Crippen molar-refractivity contribution in [2.75, 3.05) is 0 Å². The van der Waals surface area contributed by atoms with Gasteiger partial charge in [0.25, 0.3) is 0 Å². The van der Waals surface area contributed by atoms with Crippen LogP contribution in [-0.4, -0.2) is 5.11 Å². The molecule has 3 aromatic rings. The monoisotopic (exact) mass is 442 g/mol. The quantitative estimate of drug-likeness (QED) is 0.588. The molecule has 1 aromatic heterocycles. The van der Waals surface area contributed by atoms with E-state index in [0.29, 0.717) is 15.4 Å². The normalized spacial score (nSPS) is 15.9. The molecule has 2 heterocycles. The topological polar surface area (TPSA) is 109 Å². The molecule has 1 unspecified atom stereocenters. The molecule has 2 aromatic carbocycles. The number of aliphatic hydroxyl groups is 1. The van der Waals surface area contributed by atoms with E-state index >= 15 is 0 Å². The number of ether oxygens (including phenoxy) is 1. The lowest BCUT2D eigenvalue weighted by Gasteiger charge is -2.26. The highest BCUT2D eigenvalue weighted by molar-refractivity contribution is 9.10. The molecule has 0 saturated carbocycles. The maximum atomic E-state index is 14.7. The average Bonchev–Trinajstić information content (AvgIpc) is 2.66. The molecule has 3 N–H and O–H groups in total. The zero-order valence-corrected chi connectivity index (χ0v) is 15.8. The predicted molar refractivity (Wildman–Crippen MR) is 102 cm³/mol. The molecule has 0 radical (unpaired) electrons. The second-order valence-corrected chi connectivity index (χ2v) is 7.13. The molecule has 0 bridgehead atoms. The highest BCUT2D eigenvalue weighted by Gasteiger charge is 2.36. The third-order valence-corrected chi connectivity index (χ3v) is 5.08. The molecular weight excluding hydrogens is 431 g/mol. The molecule has 0 fully saturated rings. The molecule has 6 nitrogen and oxygen atoms in total. The van der Waals surface area contributed by atoms with Gasteiger partial charge in [0.1, 0.15) is 23.0 Å². The van der Waals surface area contributed by atoms with Crippen LogP contribution in [0.2, 0.25) is 0 Å². The number of allylic oxidation sites excluding steroid dienone is 1. The second-order valence-electron chi connectivity index (χ2n) is 6.21. The zero-order chi connectivity index (χ0) is 20.0. The van der Waals surface area contributed by atoms with Crippen LogP contribution in [0.25, 0.3) is 11.0 Å². The number of nitriles is 1. The Balaban J connectivity index is 2.07. The molecular formula is C20H12BrFN2O4. The maximum absolute atomic E-state index is 14.7. The van der Waals surface area contributed by atoms with Crippen molar-refractivity contribution < 1.29 is 18.7 Å². The molecule has 1 aliphatic rings. The van der Waals surface area contributed by atoms with Gasteiger partial charge in [-0.3, -0.25) is 0 Å². The summed E-state index contributed by atoms with van der Waals surface area (Å²) in [5.41, 5.74) is 5.93. The van der Waals surface area contributed by atoms with Gasteiger partial charge in [0.05, 0.1) is 23.5 Å². The van der Waals surface area contributed by atoms with Gasteiger partial charge in [-0.1, -0.05) is 28.1 Å². The van der Waals surface area contributed by atoms with E-state index in [1.165, 1.54) is 18.2 Å². The Morgan fingerprint density at radius 3 is 2.75 bits per heavy atom. The molecule has 8 heteroatoms. The first-order chi connectivity index (χ1) is 13.4. The molecule has 0 amide bonds. The van der Waals surface area contributed by atoms with Crippen molar-refractivity contribution in [1.29, 1.82) is 5.26 Å². The van der Waals surface area contributed by atoms with Crippen molar-refractivity contribution in [1.82, 2.24) is 0 Å². The molecule has 1 aliphatic heterocycles. The number of hydrogen-bond acceptors (Lipinski definition) is 6. The summed E-state index contributed by atoms with van der Waals surface area (Å²) in [4.78, 5) is 12.8. The van der Waals surface area contributed by atoms with Gasteiger partial charge in [0, 0.05) is 10.0 Å². The summed E-state index contributed by atoms with van der Waals surface area (Å²) in [6.45, 7) is -0.231. The molecule has 0 saturated heterocycles. The minimum Gasteiger partial charge on any atom is -0.439 e. The van der Waals surface area contributed by atoms with E-state index in [9.17, 15) is 19.6 Å². The Labute approximate surface area is 166 Å². The summed E-state index contributed by atoms with van der Waals surface area (Å²) in [5.74, 6) is -1.78. The van der Waals surface area contributed by atoms with Gasteiger partial charge in [-0.15, -0.1) is 0 Å². The van der Waals surface area contributed by atoms with Crippen LogP contribution in [0.15, 0.2) is 61.5 Å². The Kier molecular flexibility index (Phi) is 4.41. The fourth-order valence-corrected chi connectivity index (χ4v) is 3.64. The number of hydrogen-bond donors (Lipinski definition) is 2. The van der Waals surface area contributed by atoms with Crippen LogP contribution >= 0.6 is 15.9 Å². The fraction of sp³-hybridized carbons (Fsp3) is 0.100. The van der Waals surface area contributed by atoms with Crippen molar-refractivity contribution in [3.63, 3.8) is 0 Å². The molecule has 0 spiro atoms. The fourth-order valence-electron chi connectivity index (χ4n) is 3.31. The second kappa shape index (κ2) is 6.78. The van der Waals surface area contributed by atoms with Gasteiger partial charge in [0.15, 0.2) is 5.75 Å². The summed E-state index contributed by atoms with van der Waals surface area (Å²) >= 11 is 3.19. The van der Waals surface area contributed by atoms with Gasteiger partial charge in [-0.25, -0.2) is 9.18 Å². The van der Waals surface area contributed by atoms with E-state index in [1.807, 2.05) is 6.07 Å². The number of halogens is 2. The van der Waals surface area contributed by atoms with E-state index in [-0.39, 0.29) is 40.5 Å². The maximum Gasteiger partial charge on any atom is 0.344 e. The van der Waals surface area contributed by atoms with Crippen molar-refractivity contribution in [3.05, 3.63) is 85.3 Å². The molecule has 4 rings (SSSR count). The summed E-state index contributed by atoms with van der Waals surface area (Å²) in [6.07, 6.45) is 0. The number of fused-ring (bicyclic) bond motifs is 3. The number of aliphatic hydroxyl groups excluding tert-OH is 1. The van der Waals surface area contributed by atoms with Crippen molar-refractivity contribution in [2.24, 2.45) is 5.73 Å². The Morgan fingerprint density at radius 1 is 1.29 bits per heavy atom. The van der Waals surface area contributed by atoms with E-state index < -0.39 is 17.4 Å². The standard InChI is InChI=1S/C20H12BrFN2O4/c21-10-2-4-11(14(22)6-10)16-13(7-23)19(24)28-18-12-3-1-9(8-25)5-15(12)27-20(26)17(16)18/h1-6,16,25H,8,24H2. The molecule has 1 atom stereocenters. The molecule has 140 valence electrons. The van der Waals surface area contributed by atoms with Crippen molar-refractivity contribution in [3.8, 4) is 11.8 Å². The first kappa shape index (κ1) is 18.2. The zero-order valence-electron chi connectivity index (χ0n) is 14.2. The highest BCUT2D eigenvalue weighted by Crippen LogP contribution is 2.44. The van der Waals surface area contributed by atoms with Crippen LogP contribution < -0.4 is 16.1 Å². The van der Waals surface area contributed by atoms with E-state index in [2.05, 4.69) is 15.9 Å². The minimum atomic E-state index is -1.07. The van der Waals surface area contributed by atoms with Crippen molar-refractivity contribution >= 4 is 26.9 Å². The van der Waals surface area contributed by atoms with Crippen molar-refractivity contribution in [2.45, 2.75) is 12.5 Å². The smallest absolute Gasteiger partial charge is 0.344 e. The number of rotatable bonds is 2. The summed E-state index contributed by atoms with van der Waals surface area (Å²) in [5, 5.41) is 19.3. The Hall–Kier alpha value is -3.15. The van der Waals surface area contributed by atoms with Crippen LogP contribution in [0.5, 0.6) is 5.75 Å². The van der Waals surface area contributed by atoms with E-state index in [4.69, 9.17) is 14.9 Å². The van der Waals surface area contributed by atoms with Crippen LogP contribution in [-0.2, 0) is 6.61 Å². The van der Waals surface area contributed by atoms with E-state index in [0.717, 1.165) is 0 Å². The number of nitrogens with two attached hydrogens (primary N) is 1. The number of benzene rings is 2. The van der Waals surface area contributed by atoms with Crippen LogP contribution in [0.1, 0.15) is 22.6 Å². The summed E-state index contributed by atoms with van der Waals surface area (Å²) in [7, 11) is 0. The van der Waals surface area contributed by atoms with Crippen LogP contribution in [0, 0.1) is 17.1 Å². The third-order valence-electron chi connectivity index (χ3n) is 4.59. The summed E-state index contributed by atoms with van der Waals surface area (Å²) in [6, 6.07) is 11.0. The summed E-state index contributed by atoms with van der Waals surface area (Å²) < 4.78 is 26.2. The first-order valence-electron chi connectivity index (χ1n) is 8.17. The first-order valence-corrected chi connectivity index (χ1v) is 8.97. The highest BCUT2D eigenvalue weighted by atomic mass is 79.9. The van der Waals surface area contributed by atoms with Crippen LogP contribution in [0.4, 0.5) is 4.39 Å². The lowest BCUT2D eigenvalue weighted by Crippen LogP contribution is -2.26.